The van der Waals surface area contributed by atoms with Crippen LogP contribution in [0.3, 0.4) is 0 Å². The van der Waals surface area contributed by atoms with Crippen molar-refractivity contribution >= 4 is 55.2 Å². The highest BCUT2D eigenvalue weighted by Crippen LogP contribution is 2.41. The molecule has 3 heteroatoms. The van der Waals surface area contributed by atoms with Gasteiger partial charge in [-0.3, -0.25) is 0 Å². The first-order valence-corrected chi connectivity index (χ1v) is 13.5. The van der Waals surface area contributed by atoms with E-state index >= 15 is 0 Å². The van der Waals surface area contributed by atoms with E-state index < -0.39 is 0 Å². The molecule has 184 valence electrons. The second-order valence-electron chi connectivity index (χ2n) is 9.93. The first-order chi connectivity index (χ1) is 19.3. The molecule has 6 aromatic carbocycles. The van der Waals surface area contributed by atoms with Crippen molar-refractivity contribution in [1.82, 2.24) is 9.13 Å². The highest BCUT2D eigenvalue weighted by Gasteiger charge is 2.20. The standard InChI is InChI=1S/C36H23ClN2/c37-30-18-10-21-33-35(30)29-16-5-7-20-32(29)39(33)34-22-9-17-28-27-15-4-6-19-31(27)38(36(28)34)26-14-8-13-25(23-26)24-11-2-1-3-12-24/h1-23H. The molecule has 0 saturated heterocycles. The van der Waals surface area contributed by atoms with Gasteiger partial charge in [-0.15, -0.1) is 0 Å². The van der Waals surface area contributed by atoms with Gasteiger partial charge in [-0.05, 0) is 53.6 Å². The second-order valence-corrected chi connectivity index (χ2v) is 10.3. The van der Waals surface area contributed by atoms with Gasteiger partial charge in [0.15, 0.2) is 0 Å². The molecule has 2 nitrogen and oxygen atoms in total. The van der Waals surface area contributed by atoms with Crippen LogP contribution in [0.1, 0.15) is 0 Å². The van der Waals surface area contributed by atoms with E-state index in [2.05, 4.69) is 137 Å². The first kappa shape index (κ1) is 22.2. The van der Waals surface area contributed by atoms with Gasteiger partial charge in [-0.25, -0.2) is 0 Å². The van der Waals surface area contributed by atoms with E-state index in [9.17, 15) is 0 Å². The Bertz CT molecular complexity index is 2180. The van der Waals surface area contributed by atoms with Crippen LogP contribution >= 0.6 is 11.6 Å². The predicted octanol–water partition coefficient (Wildman–Crippen LogP) is 10.2. The fourth-order valence-corrected chi connectivity index (χ4v) is 6.41. The highest BCUT2D eigenvalue weighted by molar-refractivity contribution is 6.38. The van der Waals surface area contributed by atoms with Gasteiger partial charge in [0.1, 0.15) is 0 Å². The Morgan fingerprint density at radius 1 is 0.436 bits per heavy atom. The van der Waals surface area contributed by atoms with E-state index in [1.807, 2.05) is 12.1 Å². The van der Waals surface area contributed by atoms with Crippen molar-refractivity contribution in [2.75, 3.05) is 0 Å². The van der Waals surface area contributed by atoms with Crippen molar-refractivity contribution in [3.05, 3.63) is 145 Å². The van der Waals surface area contributed by atoms with Crippen LogP contribution in [0.2, 0.25) is 5.02 Å². The molecule has 0 atom stereocenters. The van der Waals surface area contributed by atoms with Gasteiger partial charge in [0.2, 0.25) is 0 Å². The summed E-state index contributed by atoms with van der Waals surface area (Å²) in [6.45, 7) is 0. The molecule has 0 spiro atoms. The lowest BCUT2D eigenvalue weighted by molar-refractivity contribution is 1.13. The van der Waals surface area contributed by atoms with Crippen LogP contribution in [-0.4, -0.2) is 9.13 Å². The lowest BCUT2D eigenvalue weighted by Gasteiger charge is -2.15. The van der Waals surface area contributed by atoms with Crippen LogP contribution in [0.5, 0.6) is 0 Å². The zero-order valence-corrected chi connectivity index (χ0v) is 21.8. The van der Waals surface area contributed by atoms with Gasteiger partial charge in [0.25, 0.3) is 0 Å². The number of hydrogen-bond donors (Lipinski definition) is 0. The maximum absolute atomic E-state index is 6.80. The molecule has 0 N–H and O–H groups in total. The number of nitrogens with zero attached hydrogens (tertiary/aromatic N) is 2. The molecule has 8 aromatic rings. The minimum atomic E-state index is 0.769. The number of benzene rings is 6. The molecule has 0 unspecified atom stereocenters. The van der Waals surface area contributed by atoms with Crippen LogP contribution in [-0.2, 0) is 0 Å². The van der Waals surface area contributed by atoms with E-state index in [0.717, 1.165) is 38.2 Å². The maximum Gasteiger partial charge on any atom is 0.0782 e. The molecule has 0 amide bonds. The number of rotatable bonds is 3. The van der Waals surface area contributed by atoms with Gasteiger partial charge in [0.05, 0.1) is 32.8 Å². The number of hydrogen-bond acceptors (Lipinski definition) is 0. The molecule has 0 fully saturated rings. The molecule has 0 aliphatic rings. The summed E-state index contributed by atoms with van der Waals surface area (Å²) in [7, 11) is 0. The molecular formula is C36H23ClN2. The molecule has 0 bridgehead atoms. The number of aromatic nitrogens is 2. The smallest absolute Gasteiger partial charge is 0.0782 e. The third kappa shape index (κ3) is 3.29. The molecule has 2 heterocycles. The van der Waals surface area contributed by atoms with Gasteiger partial charge >= 0.3 is 0 Å². The summed E-state index contributed by atoms with van der Waals surface area (Å²) in [4.78, 5) is 0. The Balaban J connectivity index is 1.52. The Hall–Kier alpha value is -4.79. The van der Waals surface area contributed by atoms with Crippen molar-refractivity contribution in [2.24, 2.45) is 0 Å². The summed E-state index contributed by atoms with van der Waals surface area (Å²) in [5, 5.41) is 5.47. The average molecular weight is 519 g/mol. The van der Waals surface area contributed by atoms with Crippen LogP contribution in [0, 0.1) is 0 Å². The first-order valence-electron chi connectivity index (χ1n) is 13.2. The fraction of sp³-hybridized carbons (Fsp3) is 0. The zero-order valence-electron chi connectivity index (χ0n) is 21.1. The quantitative estimate of drug-likeness (QED) is 0.220. The monoisotopic (exact) mass is 518 g/mol. The fourth-order valence-electron chi connectivity index (χ4n) is 6.14. The Morgan fingerprint density at radius 3 is 1.90 bits per heavy atom. The van der Waals surface area contributed by atoms with Gasteiger partial charge < -0.3 is 9.13 Å². The largest absolute Gasteiger partial charge is 0.307 e. The lowest BCUT2D eigenvalue weighted by atomic mass is 10.1. The zero-order chi connectivity index (χ0) is 25.9. The highest BCUT2D eigenvalue weighted by atomic mass is 35.5. The normalized spacial score (nSPS) is 11.7. The summed E-state index contributed by atoms with van der Waals surface area (Å²) in [5.74, 6) is 0. The Labute approximate surface area is 230 Å². The Kier molecular flexibility index (Phi) is 4.91. The molecule has 0 saturated carbocycles. The van der Waals surface area contributed by atoms with E-state index in [-0.39, 0.29) is 0 Å². The van der Waals surface area contributed by atoms with Gasteiger partial charge in [0, 0.05) is 27.2 Å². The van der Waals surface area contributed by atoms with Crippen LogP contribution in [0.25, 0.3) is 66.1 Å². The molecule has 0 radical (unpaired) electrons. The van der Waals surface area contributed by atoms with Gasteiger partial charge in [-0.2, -0.15) is 0 Å². The van der Waals surface area contributed by atoms with Crippen molar-refractivity contribution in [3.63, 3.8) is 0 Å². The van der Waals surface area contributed by atoms with Crippen LogP contribution < -0.4 is 0 Å². The summed E-state index contributed by atoms with van der Waals surface area (Å²) < 4.78 is 4.78. The number of para-hydroxylation sites is 3. The van der Waals surface area contributed by atoms with Crippen LogP contribution in [0.4, 0.5) is 0 Å². The van der Waals surface area contributed by atoms with E-state index in [1.165, 1.54) is 32.9 Å². The lowest BCUT2D eigenvalue weighted by Crippen LogP contribution is -2.00. The molecule has 8 rings (SSSR count). The molecule has 0 aliphatic carbocycles. The molecule has 2 aromatic heterocycles. The minimum Gasteiger partial charge on any atom is -0.307 e. The summed E-state index contributed by atoms with van der Waals surface area (Å²) >= 11 is 6.80. The van der Waals surface area contributed by atoms with Crippen LogP contribution in [0.15, 0.2) is 140 Å². The minimum absolute atomic E-state index is 0.769. The molecule has 39 heavy (non-hydrogen) atoms. The number of halogens is 1. The van der Waals surface area contributed by atoms with Crippen molar-refractivity contribution in [2.45, 2.75) is 0 Å². The summed E-state index contributed by atoms with van der Waals surface area (Å²) in [6, 6.07) is 49.5. The van der Waals surface area contributed by atoms with Gasteiger partial charge in [-0.1, -0.05) is 109 Å². The average Bonchev–Trinajstić information content (AvgIpc) is 3.52. The molecule has 0 aliphatic heterocycles. The van der Waals surface area contributed by atoms with Crippen molar-refractivity contribution in [1.29, 1.82) is 0 Å². The SMILES string of the molecule is Clc1cccc2c1c1ccccc1n2-c1cccc2c3ccccc3n(-c3cccc(-c4ccccc4)c3)c12. The third-order valence-electron chi connectivity index (χ3n) is 7.77. The van der Waals surface area contributed by atoms with E-state index in [4.69, 9.17) is 11.6 Å². The van der Waals surface area contributed by atoms with E-state index in [1.54, 1.807) is 0 Å². The summed E-state index contributed by atoms with van der Waals surface area (Å²) in [5.41, 5.74) is 9.26. The summed E-state index contributed by atoms with van der Waals surface area (Å²) in [6.07, 6.45) is 0. The Morgan fingerprint density at radius 2 is 1.05 bits per heavy atom. The number of fused-ring (bicyclic) bond motifs is 6. The topological polar surface area (TPSA) is 9.86 Å². The predicted molar refractivity (Wildman–Crippen MR) is 166 cm³/mol. The van der Waals surface area contributed by atoms with Crippen molar-refractivity contribution < 1.29 is 0 Å². The second kappa shape index (κ2) is 8.62. The van der Waals surface area contributed by atoms with E-state index in [0.29, 0.717) is 0 Å². The third-order valence-corrected chi connectivity index (χ3v) is 8.09. The maximum atomic E-state index is 6.80. The van der Waals surface area contributed by atoms with Crippen molar-refractivity contribution in [3.8, 4) is 22.5 Å². The molecular weight excluding hydrogens is 496 g/mol.